The van der Waals surface area contributed by atoms with Gasteiger partial charge in [-0.25, -0.2) is 4.39 Å². The minimum Gasteiger partial charge on any atom is -0.399 e. The molecule has 2 atom stereocenters. The van der Waals surface area contributed by atoms with Crippen molar-refractivity contribution in [3.63, 3.8) is 0 Å². The van der Waals surface area contributed by atoms with Crippen LogP contribution in [-0.4, -0.2) is 30.1 Å². The van der Waals surface area contributed by atoms with E-state index < -0.39 is 0 Å². The third-order valence-electron chi connectivity index (χ3n) is 4.86. The fraction of sp³-hybridized carbons (Fsp3) is 0.333. The maximum Gasteiger partial charge on any atom is 0.148 e. The van der Waals surface area contributed by atoms with E-state index in [0.717, 1.165) is 26.1 Å². The fourth-order valence-corrected chi connectivity index (χ4v) is 3.81. The maximum absolute atomic E-state index is 14.1. The van der Waals surface area contributed by atoms with Gasteiger partial charge in [0.1, 0.15) is 5.82 Å². The van der Waals surface area contributed by atoms with E-state index in [4.69, 9.17) is 5.73 Å². The predicted octanol–water partition coefficient (Wildman–Crippen LogP) is 2.87. The van der Waals surface area contributed by atoms with Crippen LogP contribution in [0.4, 0.5) is 15.8 Å². The minimum absolute atomic E-state index is 0.206. The van der Waals surface area contributed by atoms with Gasteiger partial charge in [0.25, 0.3) is 0 Å². The topological polar surface area (TPSA) is 32.5 Å². The highest BCUT2D eigenvalue weighted by Crippen LogP contribution is 2.36. The number of anilines is 2. The van der Waals surface area contributed by atoms with Gasteiger partial charge in [-0.05, 0) is 30.2 Å². The molecule has 1 unspecified atom stereocenters. The molecule has 2 aromatic carbocycles. The van der Waals surface area contributed by atoms with Crippen LogP contribution in [0, 0.1) is 5.82 Å². The summed E-state index contributed by atoms with van der Waals surface area (Å²) in [7, 11) is 0. The zero-order chi connectivity index (χ0) is 15.1. The van der Waals surface area contributed by atoms with Crippen LogP contribution in [0.1, 0.15) is 12.0 Å². The maximum atomic E-state index is 14.1. The van der Waals surface area contributed by atoms with Crippen molar-refractivity contribution < 1.29 is 4.39 Å². The van der Waals surface area contributed by atoms with Crippen LogP contribution in [0.2, 0.25) is 0 Å². The Bertz CT molecular complexity index is 673. The van der Waals surface area contributed by atoms with Gasteiger partial charge in [0, 0.05) is 37.4 Å². The van der Waals surface area contributed by atoms with E-state index in [-0.39, 0.29) is 5.82 Å². The molecule has 2 saturated heterocycles. The molecule has 22 heavy (non-hydrogen) atoms. The first kappa shape index (κ1) is 13.6. The lowest BCUT2D eigenvalue weighted by atomic mass is 10.2. The summed E-state index contributed by atoms with van der Waals surface area (Å²) in [5.41, 5.74) is 8.17. The van der Waals surface area contributed by atoms with Crippen LogP contribution in [0.15, 0.2) is 48.5 Å². The van der Waals surface area contributed by atoms with Gasteiger partial charge in [-0.15, -0.1) is 0 Å². The Morgan fingerprint density at radius 3 is 2.55 bits per heavy atom. The lowest BCUT2D eigenvalue weighted by molar-refractivity contribution is 0.230. The van der Waals surface area contributed by atoms with Crippen LogP contribution < -0.4 is 10.6 Å². The number of rotatable bonds is 3. The van der Waals surface area contributed by atoms with Gasteiger partial charge in [-0.3, -0.25) is 4.90 Å². The summed E-state index contributed by atoms with van der Waals surface area (Å²) in [5, 5.41) is 0. The summed E-state index contributed by atoms with van der Waals surface area (Å²) in [5.74, 6) is -0.206. The molecule has 3 nitrogen and oxygen atoms in total. The lowest BCUT2D eigenvalue weighted by Crippen LogP contribution is -2.46. The van der Waals surface area contributed by atoms with Gasteiger partial charge in [-0.1, -0.05) is 30.3 Å². The number of nitrogens with zero attached hydrogens (tertiary/aromatic N) is 2. The first-order chi connectivity index (χ1) is 10.7. The molecule has 0 aromatic heterocycles. The van der Waals surface area contributed by atoms with E-state index in [9.17, 15) is 4.39 Å². The van der Waals surface area contributed by atoms with Crippen molar-refractivity contribution in [2.75, 3.05) is 23.7 Å². The van der Waals surface area contributed by atoms with Crippen molar-refractivity contribution in [1.29, 1.82) is 0 Å². The van der Waals surface area contributed by atoms with Crippen LogP contribution in [0.25, 0.3) is 0 Å². The molecule has 0 saturated carbocycles. The molecule has 0 spiro atoms. The van der Waals surface area contributed by atoms with E-state index in [1.54, 1.807) is 6.07 Å². The monoisotopic (exact) mass is 297 g/mol. The van der Waals surface area contributed by atoms with Gasteiger partial charge >= 0.3 is 0 Å². The molecular weight excluding hydrogens is 277 g/mol. The molecule has 2 N–H and O–H groups in total. The van der Waals surface area contributed by atoms with Gasteiger partial charge < -0.3 is 10.6 Å². The molecule has 0 amide bonds. The second-order valence-electron chi connectivity index (χ2n) is 6.32. The Kier molecular flexibility index (Phi) is 3.26. The molecule has 4 rings (SSSR count). The number of piperazine rings is 1. The van der Waals surface area contributed by atoms with Crippen molar-refractivity contribution in [3.8, 4) is 0 Å². The standard InChI is InChI=1S/C18H20FN3/c19-17-8-14(20)6-7-18(17)22-12-15-9-16(22)11-21(15)10-13-4-2-1-3-5-13/h1-8,15-16H,9-12,20H2/t15-,16?/m0/s1. The Labute approximate surface area is 130 Å². The van der Waals surface area contributed by atoms with Crippen LogP contribution in [0.5, 0.6) is 0 Å². The quantitative estimate of drug-likeness (QED) is 0.884. The van der Waals surface area contributed by atoms with Gasteiger partial charge in [0.15, 0.2) is 0 Å². The Hall–Kier alpha value is -2.07. The second-order valence-corrected chi connectivity index (χ2v) is 6.32. The number of halogens is 1. The van der Waals surface area contributed by atoms with Gasteiger partial charge in [0.2, 0.25) is 0 Å². The molecule has 2 bridgehead atoms. The minimum atomic E-state index is -0.206. The van der Waals surface area contributed by atoms with E-state index in [0.29, 0.717) is 23.5 Å². The lowest BCUT2D eigenvalue weighted by Gasteiger charge is -2.35. The first-order valence-corrected chi connectivity index (χ1v) is 7.80. The molecular formula is C18H20FN3. The molecule has 2 fully saturated rings. The number of likely N-dealkylation sites (tertiary alicyclic amines) is 1. The van der Waals surface area contributed by atoms with Crippen molar-refractivity contribution in [2.24, 2.45) is 0 Å². The number of nitrogens with two attached hydrogens (primary N) is 1. The second kappa shape index (κ2) is 5.29. The first-order valence-electron chi connectivity index (χ1n) is 7.80. The van der Waals surface area contributed by atoms with Crippen LogP contribution >= 0.6 is 0 Å². The summed E-state index contributed by atoms with van der Waals surface area (Å²) >= 11 is 0. The smallest absolute Gasteiger partial charge is 0.148 e. The predicted molar refractivity (Wildman–Crippen MR) is 87.2 cm³/mol. The number of hydrogen-bond acceptors (Lipinski definition) is 3. The molecule has 2 aliphatic heterocycles. The molecule has 2 aliphatic rings. The molecule has 0 aliphatic carbocycles. The Morgan fingerprint density at radius 2 is 1.86 bits per heavy atom. The third-order valence-corrected chi connectivity index (χ3v) is 4.86. The van der Waals surface area contributed by atoms with E-state index in [2.05, 4.69) is 34.1 Å². The summed E-state index contributed by atoms with van der Waals surface area (Å²) in [4.78, 5) is 4.73. The molecule has 2 aromatic rings. The average Bonchev–Trinajstić information content (AvgIpc) is 3.08. The molecule has 4 heteroatoms. The van der Waals surface area contributed by atoms with Crippen molar-refractivity contribution in [1.82, 2.24) is 4.90 Å². The SMILES string of the molecule is Nc1ccc(N2C[C@@H]3CC2CN3Cc2ccccc2)c(F)c1. The van der Waals surface area contributed by atoms with E-state index >= 15 is 0 Å². The van der Waals surface area contributed by atoms with Gasteiger partial charge in [-0.2, -0.15) is 0 Å². The molecule has 2 heterocycles. The van der Waals surface area contributed by atoms with Crippen LogP contribution in [-0.2, 0) is 6.54 Å². The Balaban J connectivity index is 1.48. The Morgan fingerprint density at radius 1 is 1.05 bits per heavy atom. The molecule has 114 valence electrons. The van der Waals surface area contributed by atoms with Crippen molar-refractivity contribution in [2.45, 2.75) is 25.0 Å². The van der Waals surface area contributed by atoms with Crippen molar-refractivity contribution in [3.05, 3.63) is 59.9 Å². The zero-order valence-electron chi connectivity index (χ0n) is 12.5. The van der Waals surface area contributed by atoms with E-state index in [1.165, 1.54) is 11.6 Å². The average molecular weight is 297 g/mol. The van der Waals surface area contributed by atoms with Gasteiger partial charge in [0.05, 0.1) is 5.69 Å². The number of hydrogen-bond donors (Lipinski definition) is 1. The van der Waals surface area contributed by atoms with Crippen molar-refractivity contribution >= 4 is 11.4 Å². The summed E-state index contributed by atoms with van der Waals surface area (Å²) in [6.45, 7) is 2.89. The number of fused-ring (bicyclic) bond motifs is 2. The highest BCUT2D eigenvalue weighted by Gasteiger charge is 2.43. The normalized spacial score (nSPS) is 24.1. The zero-order valence-corrected chi connectivity index (χ0v) is 12.5. The summed E-state index contributed by atoms with van der Waals surface area (Å²) < 4.78 is 14.1. The third kappa shape index (κ3) is 2.33. The number of nitrogen functional groups attached to an aromatic ring is 1. The fourth-order valence-electron chi connectivity index (χ4n) is 3.81. The van der Waals surface area contributed by atoms with Crippen LogP contribution in [0.3, 0.4) is 0 Å². The largest absolute Gasteiger partial charge is 0.399 e. The van der Waals surface area contributed by atoms with E-state index in [1.807, 2.05) is 12.1 Å². The summed E-state index contributed by atoms with van der Waals surface area (Å²) in [6, 6.07) is 16.5. The summed E-state index contributed by atoms with van der Waals surface area (Å²) in [6.07, 6.45) is 1.12. The molecule has 0 radical (unpaired) electrons. The highest BCUT2D eigenvalue weighted by atomic mass is 19.1. The highest BCUT2D eigenvalue weighted by molar-refractivity contribution is 5.56. The number of benzene rings is 2.